The number of hydrogen-bond acceptors (Lipinski definition) is 4. The van der Waals surface area contributed by atoms with Crippen LogP contribution in [0.2, 0.25) is 5.02 Å². The van der Waals surface area contributed by atoms with E-state index >= 15 is 0 Å². The van der Waals surface area contributed by atoms with Crippen LogP contribution in [-0.4, -0.2) is 18.3 Å². The van der Waals surface area contributed by atoms with Gasteiger partial charge in [0.1, 0.15) is 18.1 Å². The van der Waals surface area contributed by atoms with Crippen molar-refractivity contribution in [3.63, 3.8) is 0 Å². The first-order valence-electron chi connectivity index (χ1n) is 9.56. The quantitative estimate of drug-likeness (QED) is 0.449. The number of nitrogens with one attached hydrogen (secondary N) is 2. The van der Waals surface area contributed by atoms with E-state index in [2.05, 4.69) is 15.4 Å². The van der Waals surface area contributed by atoms with Gasteiger partial charge in [-0.05, 0) is 60.5 Å². The fraction of sp³-hybridized carbons (Fsp3) is 0.130. The highest BCUT2D eigenvalue weighted by molar-refractivity contribution is 6.34. The molecular weight excluding hydrogens is 461 g/mol. The monoisotopic (exact) mass is 478 g/mol. The second-order valence-corrected chi connectivity index (χ2v) is 7.26. The summed E-state index contributed by atoms with van der Waals surface area (Å²) in [5.74, 6) is -0.436. The Hall–Kier alpha value is -3.72. The molecule has 33 heavy (non-hydrogen) atoms. The summed E-state index contributed by atoms with van der Waals surface area (Å²) >= 11 is 5.95. The molecule has 0 radical (unpaired) electrons. The molecule has 0 heterocycles. The van der Waals surface area contributed by atoms with Crippen molar-refractivity contribution in [1.29, 1.82) is 0 Å². The zero-order valence-electron chi connectivity index (χ0n) is 17.2. The first kappa shape index (κ1) is 23.9. The minimum Gasteiger partial charge on any atom is -0.489 e. The van der Waals surface area contributed by atoms with Crippen LogP contribution < -0.4 is 20.1 Å². The summed E-state index contributed by atoms with van der Waals surface area (Å²) in [6, 6.07) is 15.8. The molecule has 0 saturated carbocycles. The molecule has 6 nitrogen and oxygen atoms in total. The fourth-order valence-electron chi connectivity index (χ4n) is 2.82. The van der Waals surface area contributed by atoms with Crippen LogP contribution in [0.5, 0.6) is 11.5 Å². The first-order valence-corrected chi connectivity index (χ1v) is 9.93. The molecular formula is C23H18ClF3N2O4. The third kappa shape index (κ3) is 7.15. The van der Waals surface area contributed by atoms with E-state index in [1.807, 2.05) is 0 Å². The van der Waals surface area contributed by atoms with Gasteiger partial charge in [-0.25, -0.2) is 4.79 Å². The van der Waals surface area contributed by atoms with E-state index in [0.29, 0.717) is 22.6 Å². The lowest BCUT2D eigenvalue weighted by atomic mass is 10.2. The van der Waals surface area contributed by atoms with Crippen molar-refractivity contribution in [2.75, 3.05) is 5.32 Å². The number of anilines is 1. The van der Waals surface area contributed by atoms with Crippen molar-refractivity contribution < 1.29 is 32.2 Å². The van der Waals surface area contributed by atoms with Crippen LogP contribution in [-0.2, 0) is 6.61 Å². The molecule has 0 aliphatic rings. The molecule has 2 N–H and O–H groups in total. The number of carbonyl (C=O) groups is 2. The fourth-order valence-corrected chi connectivity index (χ4v) is 3.04. The lowest BCUT2D eigenvalue weighted by Crippen LogP contribution is -2.34. The lowest BCUT2D eigenvalue weighted by Gasteiger charge is -2.13. The molecule has 0 fully saturated rings. The maximum Gasteiger partial charge on any atom is 0.573 e. The van der Waals surface area contributed by atoms with Gasteiger partial charge in [0.25, 0.3) is 5.91 Å². The van der Waals surface area contributed by atoms with E-state index in [9.17, 15) is 22.8 Å². The predicted molar refractivity (Wildman–Crippen MR) is 117 cm³/mol. The van der Waals surface area contributed by atoms with Crippen LogP contribution in [0.25, 0.3) is 0 Å². The normalized spacial score (nSPS) is 10.9. The van der Waals surface area contributed by atoms with E-state index in [4.69, 9.17) is 16.3 Å². The van der Waals surface area contributed by atoms with Crippen LogP contribution >= 0.6 is 11.6 Å². The summed E-state index contributed by atoms with van der Waals surface area (Å²) in [5, 5.41) is 4.98. The number of ether oxygens (including phenoxy) is 2. The largest absolute Gasteiger partial charge is 0.573 e. The highest BCUT2D eigenvalue weighted by Gasteiger charge is 2.30. The zero-order valence-corrected chi connectivity index (χ0v) is 18.0. The molecule has 0 atom stereocenters. The Morgan fingerprint density at radius 1 is 1.00 bits per heavy atom. The molecule has 3 amide bonds. The predicted octanol–water partition coefficient (Wildman–Crippen LogP) is 6.09. The smallest absolute Gasteiger partial charge is 0.489 e. The Balaban J connectivity index is 1.55. The van der Waals surface area contributed by atoms with Gasteiger partial charge in [0.05, 0.1) is 10.6 Å². The summed E-state index contributed by atoms with van der Waals surface area (Å²) in [5.41, 5.74) is 1.94. The first-order chi connectivity index (χ1) is 15.6. The number of halogens is 4. The maximum absolute atomic E-state index is 12.2. The summed E-state index contributed by atoms with van der Waals surface area (Å²) in [6.45, 7) is 1.88. The molecule has 3 aromatic rings. The molecule has 3 rings (SSSR count). The Morgan fingerprint density at radius 2 is 1.70 bits per heavy atom. The molecule has 172 valence electrons. The van der Waals surface area contributed by atoms with Crippen molar-refractivity contribution in [1.82, 2.24) is 5.32 Å². The lowest BCUT2D eigenvalue weighted by molar-refractivity contribution is -0.274. The minimum absolute atomic E-state index is 0.118. The van der Waals surface area contributed by atoms with Crippen LogP contribution in [0.15, 0.2) is 66.7 Å². The number of rotatable bonds is 6. The van der Waals surface area contributed by atoms with Crippen molar-refractivity contribution in [2.45, 2.75) is 19.9 Å². The van der Waals surface area contributed by atoms with E-state index in [1.165, 1.54) is 30.3 Å². The minimum atomic E-state index is -4.75. The molecule has 0 aliphatic heterocycles. The van der Waals surface area contributed by atoms with Crippen LogP contribution in [0.3, 0.4) is 0 Å². The van der Waals surface area contributed by atoms with Gasteiger partial charge >= 0.3 is 12.4 Å². The number of carbonyl (C=O) groups excluding carboxylic acids is 2. The second-order valence-electron chi connectivity index (χ2n) is 6.85. The van der Waals surface area contributed by atoms with Crippen LogP contribution in [0.4, 0.5) is 23.7 Å². The number of urea groups is 1. The molecule has 0 aromatic heterocycles. The Morgan fingerprint density at radius 3 is 2.33 bits per heavy atom. The number of benzene rings is 3. The Labute approximate surface area is 192 Å². The third-order valence-electron chi connectivity index (χ3n) is 4.33. The summed E-state index contributed by atoms with van der Waals surface area (Å²) in [6.07, 6.45) is -4.75. The Bertz CT molecular complexity index is 1150. The van der Waals surface area contributed by atoms with Gasteiger partial charge in [-0.15, -0.1) is 13.2 Å². The molecule has 3 aromatic carbocycles. The van der Waals surface area contributed by atoms with Gasteiger partial charge in [0, 0.05) is 5.69 Å². The summed E-state index contributed by atoms with van der Waals surface area (Å²) in [4.78, 5) is 24.3. The van der Waals surface area contributed by atoms with E-state index < -0.39 is 18.3 Å². The number of hydrogen-bond donors (Lipinski definition) is 2. The number of aryl methyl sites for hydroxylation is 1. The third-order valence-corrected chi connectivity index (χ3v) is 4.66. The van der Waals surface area contributed by atoms with Crippen molar-refractivity contribution >= 4 is 29.2 Å². The molecule has 10 heteroatoms. The molecule has 0 saturated heterocycles. The molecule has 0 bridgehead atoms. The average molecular weight is 479 g/mol. The summed E-state index contributed by atoms with van der Waals surface area (Å²) in [7, 11) is 0. The highest BCUT2D eigenvalue weighted by Crippen LogP contribution is 2.25. The SMILES string of the molecule is Cc1cc(NC(=O)NC(=O)c2ccccc2Cl)ccc1OCc1ccc(OC(F)(F)F)cc1. The number of amides is 3. The summed E-state index contributed by atoms with van der Waals surface area (Å²) < 4.78 is 46.2. The second kappa shape index (κ2) is 10.3. The number of alkyl halides is 3. The molecule has 0 unspecified atom stereocenters. The van der Waals surface area contributed by atoms with Gasteiger partial charge in [-0.1, -0.05) is 35.9 Å². The Kier molecular flexibility index (Phi) is 7.44. The van der Waals surface area contributed by atoms with E-state index in [-0.39, 0.29) is 22.9 Å². The van der Waals surface area contributed by atoms with Gasteiger partial charge in [-0.2, -0.15) is 0 Å². The average Bonchev–Trinajstić information content (AvgIpc) is 2.73. The number of imide groups is 1. The molecule has 0 aliphatic carbocycles. The van der Waals surface area contributed by atoms with Crippen molar-refractivity contribution in [2.24, 2.45) is 0 Å². The van der Waals surface area contributed by atoms with Crippen molar-refractivity contribution in [3.05, 3.63) is 88.4 Å². The van der Waals surface area contributed by atoms with Crippen LogP contribution in [0.1, 0.15) is 21.5 Å². The zero-order chi connectivity index (χ0) is 24.0. The van der Waals surface area contributed by atoms with Crippen LogP contribution in [0, 0.1) is 6.92 Å². The van der Waals surface area contributed by atoms with Gasteiger partial charge in [-0.3, -0.25) is 10.1 Å². The van der Waals surface area contributed by atoms with Crippen molar-refractivity contribution in [3.8, 4) is 11.5 Å². The topological polar surface area (TPSA) is 76.7 Å². The van der Waals surface area contributed by atoms with E-state index in [0.717, 1.165) is 0 Å². The van der Waals surface area contributed by atoms with Gasteiger partial charge < -0.3 is 14.8 Å². The van der Waals surface area contributed by atoms with E-state index in [1.54, 1.807) is 43.3 Å². The highest BCUT2D eigenvalue weighted by atomic mass is 35.5. The van der Waals surface area contributed by atoms with Gasteiger partial charge in [0.15, 0.2) is 0 Å². The van der Waals surface area contributed by atoms with Gasteiger partial charge in [0.2, 0.25) is 0 Å². The standard InChI is InChI=1S/C23H18ClF3N2O4/c1-14-12-16(28-22(31)29-21(30)18-4-2-3-5-19(18)24)8-11-20(14)32-13-15-6-9-17(10-7-15)33-23(25,26)27/h2-12H,13H2,1H3,(H2,28,29,30,31). The molecule has 0 spiro atoms. The maximum atomic E-state index is 12.2.